The topological polar surface area (TPSA) is 26.3 Å². The monoisotopic (exact) mass is 172 g/mol. The number of carbonyl (C=O) groups is 1. The predicted octanol–water partition coefficient (Wildman–Crippen LogP) is 0.834. The summed E-state index contributed by atoms with van der Waals surface area (Å²) in [5, 5.41) is 0. The number of aldehydes is 1. The molecule has 0 amide bonds. The number of benzene rings is 1. The zero-order valence-electron chi connectivity index (χ0n) is 7.19. The molecule has 3 heteroatoms. The Hall–Kier alpha value is -1.25. The van der Waals surface area contributed by atoms with Gasteiger partial charge in [0.05, 0.1) is 6.10 Å². The van der Waals surface area contributed by atoms with Crippen LogP contribution in [0.25, 0.3) is 0 Å². The third-order valence-corrected chi connectivity index (χ3v) is 1.99. The Balaban J connectivity index is 2.20. The van der Waals surface area contributed by atoms with Crippen molar-refractivity contribution in [1.82, 2.24) is 0 Å². The van der Waals surface area contributed by atoms with Crippen molar-refractivity contribution >= 4 is 19.6 Å². The van der Waals surface area contributed by atoms with Gasteiger partial charge in [0.1, 0.15) is 19.9 Å². The highest BCUT2D eigenvalue weighted by atomic mass is 16.5. The van der Waals surface area contributed by atoms with Crippen LogP contribution in [0.2, 0.25) is 0 Å². The quantitative estimate of drug-likeness (QED) is 0.498. The first-order chi connectivity index (χ1) is 6.29. The van der Waals surface area contributed by atoms with Gasteiger partial charge < -0.3 is 4.74 Å². The van der Waals surface area contributed by atoms with Crippen LogP contribution >= 0.6 is 0 Å². The van der Waals surface area contributed by atoms with E-state index in [1.807, 2.05) is 0 Å². The third-order valence-electron chi connectivity index (χ3n) is 1.99. The zero-order chi connectivity index (χ0) is 9.26. The molecule has 0 spiro atoms. The van der Waals surface area contributed by atoms with Crippen molar-refractivity contribution in [2.75, 3.05) is 0 Å². The molecule has 0 saturated heterocycles. The number of rotatable bonds is 3. The van der Waals surface area contributed by atoms with Crippen LogP contribution in [0.5, 0.6) is 5.75 Å². The number of carbonyl (C=O) groups excluding carboxylic acids is 1. The third kappa shape index (κ3) is 1.91. The van der Waals surface area contributed by atoms with Crippen molar-refractivity contribution in [1.29, 1.82) is 0 Å². The number of hydrogen-bond acceptors (Lipinski definition) is 2. The molecule has 0 unspecified atom stereocenters. The van der Waals surface area contributed by atoms with Crippen LogP contribution in [0.1, 0.15) is 23.2 Å². The summed E-state index contributed by atoms with van der Waals surface area (Å²) in [5.41, 5.74) is 1.12. The van der Waals surface area contributed by atoms with Gasteiger partial charge in [-0.3, -0.25) is 4.79 Å². The van der Waals surface area contributed by atoms with Crippen molar-refractivity contribution < 1.29 is 9.53 Å². The molecular weight excluding hydrogens is 163 g/mol. The van der Waals surface area contributed by atoms with Gasteiger partial charge >= 0.3 is 0 Å². The molecule has 2 radical (unpaired) electrons. The highest BCUT2D eigenvalue weighted by Crippen LogP contribution is 2.25. The molecule has 1 saturated carbocycles. The maximum Gasteiger partial charge on any atom is 0.150 e. The minimum Gasteiger partial charge on any atom is -0.491 e. The Bertz CT molecular complexity index is 332. The van der Waals surface area contributed by atoms with Gasteiger partial charge in [-0.2, -0.15) is 0 Å². The fourth-order valence-corrected chi connectivity index (χ4v) is 1.11. The summed E-state index contributed by atoms with van der Waals surface area (Å²) < 4.78 is 5.51. The van der Waals surface area contributed by atoms with E-state index in [4.69, 9.17) is 12.6 Å². The fourth-order valence-electron chi connectivity index (χ4n) is 1.11. The molecule has 1 aromatic carbocycles. The summed E-state index contributed by atoms with van der Waals surface area (Å²) in [4.78, 5) is 10.4. The molecule has 2 nitrogen and oxygen atoms in total. The summed E-state index contributed by atoms with van der Waals surface area (Å²) >= 11 is 0. The lowest BCUT2D eigenvalue weighted by Gasteiger charge is -2.07. The van der Waals surface area contributed by atoms with E-state index in [2.05, 4.69) is 0 Å². The van der Waals surface area contributed by atoms with E-state index >= 15 is 0 Å². The second-order valence-corrected chi connectivity index (χ2v) is 3.23. The molecule has 1 aliphatic rings. The molecule has 1 aromatic rings. The van der Waals surface area contributed by atoms with Crippen LogP contribution in [-0.4, -0.2) is 20.2 Å². The maximum atomic E-state index is 10.4. The van der Waals surface area contributed by atoms with Crippen LogP contribution in [0.3, 0.4) is 0 Å². The van der Waals surface area contributed by atoms with Gasteiger partial charge in [0.2, 0.25) is 0 Å². The smallest absolute Gasteiger partial charge is 0.150 e. The van der Waals surface area contributed by atoms with Crippen LogP contribution in [0.4, 0.5) is 0 Å². The largest absolute Gasteiger partial charge is 0.491 e. The highest BCUT2D eigenvalue weighted by molar-refractivity contribution is 6.34. The van der Waals surface area contributed by atoms with Crippen LogP contribution < -0.4 is 10.2 Å². The standard InChI is InChI=1S/C10H9BO2/c11-9-5-7(6-12)1-4-10(9)13-8-2-3-8/h1,4-6,8H,2-3H2. The van der Waals surface area contributed by atoms with Crippen LogP contribution in [0.15, 0.2) is 18.2 Å². The Morgan fingerprint density at radius 3 is 2.77 bits per heavy atom. The van der Waals surface area contributed by atoms with Gasteiger partial charge in [0.25, 0.3) is 0 Å². The lowest BCUT2D eigenvalue weighted by Crippen LogP contribution is -2.11. The summed E-state index contributed by atoms with van der Waals surface area (Å²) in [6, 6.07) is 5.09. The first-order valence-electron chi connectivity index (χ1n) is 4.31. The van der Waals surface area contributed by atoms with Crippen molar-refractivity contribution in [2.24, 2.45) is 0 Å². The van der Waals surface area contributed by atoms with Gasteiger partial charge in [-0.1, -0.05) is 11.5 Å². The van der Waals surface area contributed by atoms with Crippen molar-refractivity contribution in [3.05, 3.63) is 23.8 Å². The highest BCUT2D eigenvalue weighted by Gasteiger charge is 2.23. The first kappa shape index (κ1) is 8.36. The van der Waals surface area contributed by atoms with E-state index in [1.54, 1.807) is 18.2 Å². The molecule has 0 aromatic heterocycles. The molecule has 0 N–H and O–H groups in total. The van der Waals surface area contributed by atoms with E-state index in [9.17, 15) is 4.79 Å². The van der Waals surface area contributed by atoms with Gasteiger partial charge in [0, 0.05) is 5.56 Å². The summed E-state index contributed by atoms with van der Waals surface area (Å²) in [7, 11) is 5.69. The Morgan fingerprint density at radius 2 is 2.23 bits per heavy atom. The normalized spacial score (nSPS) is 15.4. The van der Waals surface area contributed by atoms with Gasteiger partial charge in [-0.05, 0) is 25.0 Å². The van der Waals surface area contributed by atoms with Crippen molar-refractivity contribution in [3.8, 4) is 5.75 Å². The average molecular weight is 172 g/mol. The van der Waals surface area contributed by atoms with E-state index in [0.717, 1.165) is 19.1 Å². The van der Waals surface area contributed by atoms with Gasteiger partial charge in [0.15, 0.2) is 0 Å². The Labute approximate surface area is 78.3 Å². The average Bonchev–Trinajstić information content (AvgIpc) is 2.92. The Morgan fingerprint density at radius 1 is 1.46 bits per heavy atom. The second kappa shape index (κ2) is 3.25. The zero-order valence-corrected chi connectivity index (χ0v) is 7.19. The van der Waals surface area contributed by atoms with Gasteiger partial charge in [-0.25, -0.2) is 0 Å². The summed E-state index contributed by atoms with van der Waals surface area (Å²) in [6.45, 7) is 0. The summed E-state index contributed by atoms with van der Waals surface area (Å²) in [6.07, 6.45) is 3.32. The lowest BCUT2D eigenvalue weighted by atomic mass is 9.93. The molecular formula is C10H9BO2. The minimum atomic E-state index is 0.337. The van der Waals surface area contributed by atoms with Crippen LogP contribution in [-0.2, 0) is 0 Å². The second-order valence-electron chi connectivity index (χ2n) is 3.23. The molecule has 13 heavy (non-hydrogen) atoms. The van der Waals surface area contributed by atoms with E-state index in [-0.39, 0.29) is 0 Å². The minimum absolute atomic E-state index is 0.337. The Kier molecular flexibility index (Phi) is 2.09. The SMILES string of the molecule is [B]c1cc(C=O)ccc1OC1CC1. The predicted molar refractivity (Wildman–Crippen MR) is 50.9 cm³/mol. The fraction of sp³-hybridized carbons (Fsp3) is 0.300. The molecule has 1 fully saturated rings. The molecule has 64 valence electrons. The number of ether oxygens (including phenoxy) is 1. The molecule has 1 aliphatic carbocycles. The number of hydrogen-bond donors (Lipinski definition) is 0. The van der Waals surface area contributed by atoms with E-state index < -0.39 is 0 Å². The van der Waals surface area contributed by atoms with E-state index in [1.165, 1.54) is 0 Å². The molecule has 0 atom stereocenters. The molecule has 0 heterocycles. The molecule has 0 bridgehead atoms. The van der Waals surface area contributed by atoms with Crippen molar-refractivity contribution in [2.45, 2.75) is 18.9 Å². The van der Waals surface area contributed by atoms with Gasteiger partial charge in [-0.15, -0.1) is 0 Å². The summed E-state index contributed by atoms with van der Waals surface area (Å²) in [5.74, 6) is 0.688. The lowest BCUT2D eigenvalue weighted by molar-refractivity contribution is 0.112. The van der Waals surface area contributed by atoms with Crippen molar-refractivity contribution in [3.63, 3.8) is 0 Å². The first-order valence-corrected chi connectivity index (χ1v) is 4.31. The van der Waals surface area contributed by atoms with E-state index in [0.29, 0.717) is 22.9 Å². The van der Waals surface area contributed by atoms with Crippen LogP contribution in [0, 0.1) is 0 Å². The maximum absolute atomic E-state index is 10.4. The molecule has 0 aliphatic heterocycles. The molecule has 2 rings (SSSR count).